The van der Waals surface area contributed by atoms with E-state index in [2.05, 4.69) is 20.6 Å². The molecule has 2 heterocycles. The Morgan fingerprint density at radius 1 is 1.15 bits per heavy atom. The highest BCUT2D eigenvalue weighted by molar-refractivity contribution is 8.00. The zero-order valence-corrected chi connectivity index (χ0v) is 19.5. The molecule has 2 aromatic heterocycles. The fourth-order valence-corrected chi connectivity index (χ4v) is 4.84. The van der Waals surface area contributed by atoms with E-state index in [0.717, 1.165) is 43.0 Å². The van der Waals surface area contributed by atoms with E-state index < -0.39 is 17.2 Å². The van der Waals surface area contributed by atoms with Crippen molar-refractivity contribution < 1.29 is 9.59 Å². The van der Waals surface area contributed by atoms with E-state index in [1.54, 1.807) is 37.4 Å². The molecular formula is C24H27N5O3S. The normalized spacial score (nSPS) is 15.2. The maximum absolute atomic E-state index is 13.3. The van der Waals surface area contributed by atoms with Gasteiger partial charge < -0.3 is 5.32 Å². The molecule has 0 bridgehead atoms. The van der Waals surface area contributed by atoms with Crippen LogP contribution in [0.25, 0.3) is 16.7 Å². The Balaban J connectivity index is 1.58. The molecule has 1 saturated carbocycles. The highest BCUT2D eigenvalue weighted by atomic mass is 32.2. The van der Waals surface area contributed by atoms with Crippen molar-refractivity contribution >= 4 is 34.6 Å². The van der Waals surface area contributed by atoms with Crippen LogP contribution in [-0.4, -0.2) is 37.8 Å². The molecule has 1 fully saturated rings. The Morgan fingerprint density at radius 3 is 2.67 bits per heavy atom. The first-order valence-corrected chi connectivity index (χ1v) is 12.0. The molecule has 1 unspecified atom stereocenters. The van der Waals surface area contributed by atoms with Gasteiger partial charge in [-0.1, -0.05) is 43.2 Å². The predicted molar refractivity (Wildman–Crippen MR) is 129 cm³/mol. The van der Waals surface area contributed by atoms with Crippen molar-refractivity contribution in [2.45, 2.75) is 62.4 Å². The molecule has 1 atom stereocenters. The number of hydrogen-bond acceptors (Lipinski definition) is 6. The first-order chi connectivity index (χ1) is 15.9. The summed E-state index contributed by atoms with van der Waals surface area (Å²) in [5.74, 6) is -0.0112. The number of nitrogens with one attached hydrogen (secondary N) is 2. The Morgan fingerprint density at radius 2 is 1.91 bits per heavy atom. The van der Waals surface area contributed by atoms with Crippen LogP contribution in [0.4, 0.5) is 4.79 Å². The van der Waals surface area contributed by atoms with Crippen molar-refractivity contribution in [3.05, 3.63) is 58.5 Å². The Kier molecular flexibility index (Phi) is 7.08. The molecule has 33 heavy (non-hydrogen) atoms. The second-order valence-corrected chi connectivity index (χ2v) is 9.61. The number of carbonyl (C=O) groups excluding carboxylic acids is 2. The molecule has 0 aliphatic heterocycles. The van der Waals surface area contributed by atoms with Gasteiger partial charge in [-0.15, -0.1) is 0 Å². The second kappa shape index (κ2) is 10.2. The summed E-state index contributed by atoms with van der Waals surface area (Å²) in [6.07, 6.45) is 6.85. The zero-order chi connectivity index (χ0) is 23.4. The van der Waals surface area contributed by atoms with Gasteiger partial charge in [0.25, 0.3) is 5.56 Å². The Labute approximate surface area is 196 Å². The number of hydrogen-bond donors (Lipinski definition) is 2. The number of aromatic nitrogens is 3. The van der Waals surface area contributed by atoms with E-state index in [-0.39, 0.29) is 11.6 Å². The minimum absolute atomic E-state index is 0.106. The molecule has 3 amide bonds. The van der Waals surface area contributed by atoms with Gasteiger partial charge in [-0.3, -0.25) is 14.9 Å². The number of benzene rings is 1. The largest absolute Gasteiger partial charge is 0.335 e. The molecule has 2 N–H and O–H groups in total. The van der Waals surface area contributed by atoms with Crippen molar-refractivity contribution in [1.82, 2.24) is 25.2 Å². The number of para-hydroxylation sites is 1. The molecule has 3 aromatic rings. The second-order valence-electron chi connectivity index (χ2n) is 8.30. The van der Waals surface area contributed by atoms with Gasteiger partial charge in [0.1, 0.15) is 5.82 Å². The summed E-state index contributed by atoms with van der Waals surface area (Å²) >= 11 is 1.12. The number of carbonyl (C=O) groups is 2. The molecule has 0 saturated heterocycles. The quantitative estimate of drug-likeness (QED) is 0.439. The lowest BCUT2D eigenvalue weighted by Gasteiger charge is -2.23. The third kappa shape index (κ3) is 5.42. The third-order valence-corrected chi connectivity index (χ3v) is 6.76. The van der Waals surface area contributed by atoms with E-state index in [4.69, 9.17) is 0 Å². The summed E-state index contributed by atoms with van der Waals surface area (Å²) in [6, 6.07) is 10.3. The van der Waals surface area contributed by atoms with Gasteiger partial charge >= 0.3 is 6.03 Å². The van der Waals surface area contributed by atoms with Gasteiger partial charge in [0, 0.05) is 12.2 Å². The SMILES string of the molecule is Cc1ccnc(-n2c(SC(C)C(=O)NC(=O)NC3CCCCC3)nc3ccccc3c2=O)c1. The van der Waals surface area contributed by atoms with Crippen LogP contribution in [0.5, 0.6) is 0 Å². The van der Waals surface area contributed by atoms with Crippen LogP contribution in [0.1, 0.15) is 44.6 Å². The molecule has 172 valence electrons. The van der Waals surface area contributed by atoms with Gasteiger partial charge in [0.05, 0.1) is 16.2 Å². The van der Waals surface area contributed by atoms with Gasteiger partial charge in [-0.2, -0.15) is 0 Å². The van der Waals surface area contributed by atoms with Crippen LogP contribution in [0.3, 0.4) is 0 Å². The summed E-state index contributed by atoms with van der Waals surface area (Å²) in [4.78, 5) is 47.3. The molecule has 0 radical (unpaired) electrons. The lowest BCUT2D eigenvalue weighted by atomic mass is 9.96. The van der Waals surface area contributed by atoms with Crippen LogP contribution in [-0.2, 0) is 4.79 Å². The number of amides is 3. The minimum atomic E-state index is -0.661. The van der Waals surface area contributed by atoms with Crippen molar-refractivity contribution in [3.63, 3.8) is 0 Å². The smallest absolute Gasteiger partial charge is 0.321 e. The maximum Gasteiger partial charge on any atom is 0.321 e. The zero-order valence-electron chi connectivity index (χ0n) is 18.7. The minimum Gasteiger partial charge on any atom is -0.335 e. The Bertz CT molecular complexity index is 1240. The molecular weight excluding hydrogens is 438 g/mol. The molecule has 0 spiro atoms. The number of aryl methyl sites for hydroxylation is 1. The van der Waals surface area contributed by atoms with Gasteiger partial charge in [-0.25, -0.2) is 19.3 Å². The van der Waals surface area contributed by atoms with Crippen molar-refractivity contribution in [3.8, 4) is 5.82 Å². The maximum atomic E-state index is 13.3. The molecule has 1 aromatic carbocycles. The van der Waals surface area contributed by atoms with Crippen LogP contribution >= 0.6 is 11.8 Å². The predicted octanol–water partition coefficient (Wildman–Crippen LogP) is 3.73. The van der Waals surface area contributed by atoms with Gasteiger partial charge in [0.2, 0.25) is 5.91 Å². The number of urea groups is 1. The highest BCUT2D eigenvalue weighted by Crippen LogP contribution is 2.25. The number of pyridine rings is 1. The van der Waals surface area contributed by atoms with E-state index >= 15 is 0 Å². The van der Waals surface area contributed by atoms with Crippen LogP contribution < -0.4 is 16.2 Å². The van der Waals surface area contributed by atoms with E-state index in [1.807, 2.05) is 19.1 Å². The average molecular weight is 466 g/mol. The molecule has 1 aliphatic rings. The number of imide groups is 1. The van der Waals surface area contributed by atoms with Crippen molar-refractivity contribution in [1.29, 1.82) is 0 Å². The summed E-state index contributed by atoms with van der Waals surface area (Å²) < 4.78 is 1.42. The van der Waals surface area contributed by atoms with E-state index in [9.17, 15) is 14.4 Å². The molecule has 9 heteroatoms. The average Bonchev–Trinajstić information content (AvgIpc) is 2.80. The third-order valence-electron chi connectivity index (χ3n) is 5.70. The first kappa shape index (κ1) is 23.0. The van der Waals surface area contributed by atoms with Gasteiger partial charge in [0.15, 0.2) is 5.16 Å². The molecule has 1 aliphatic carbocycles. The van der Waals surface area contributed by atoms with Gasteiger partial charge in [-0.05, 0) is 56.5 Å². The van der Waals surface area contributed by atoms with Crippen LogP contribution in [0.2, 0.25) is 0 Å². The summed E-state index contributed by atoms with van der Waals surface area (Å²) in [6.45, 7) is 3.60. The van der Waals surface area contributed by atoms with Crippen molar-refractivity contribution in [2.75, 3.05) is 0 Å². The number of thioether (sulfide) groups is 1. The summed E-state index contributed by atoms with van der Waals surface area (Å²) in [7, 11) is 0. The summed E-state index contributed by atoms with van der Waals surface area (Å²) in [5, 5.41) is 5.46. The monoisotopic (exact) mass is 465 g/mol. The van der Waals surface area contributed by atoms with Crippen LogP contribution in [0, 0.1) is 6.92 Å². The lowest BCUT2D eigenvalue weighted by Crippen LogP contribution is -2.47. The molecule has 8 nitrogen and oxygen atoms in total. The summed E-state index contributed by atoms with van der Waals surface area (Å²) in [5.41, 5.74) is 1.22. The lowest BCUT2D eigenvalue weighted by molar-refractivity contribution is -0.119. The number of nitrogens with zero attached hydrogens (tertiary/aromatic N) is 3. The van der Waals surface area contributed by atoms with Crippen molar-refractivity contribution in [2.24, 2.45) is 0 Å². The van der Waals surface area contributed by atoms with E-state index in [1.165, 1.54) is 11.0 Å². The highest BCUT2D eigenvalue weighted by Gasteiger charge is 2.23. The molecule has 4 rings (SSSR count). The fourth-order valence-electron chi connectivity index (χ4n) is 3.93. The number of fused-ring (bicyclic) bond motifs is 1. The van der Waals surface area contributed by atoms with E-state index in [0.29, 0.717) is 21.9 Å². The standard InChI is InChI=1S/C24H27N5O3S/c1-15-12-13-25-20(14-15)29-22(31)18-10-6-7-11-19(18)27-24(29)33-16(2)21(30)28-23(32)26-17-8-4-3-5-9-17/h6-7,10-14,16-17H,3-5,8-9H2,1-2H3,(H2,26,28,30,32). The first-order valence-electron chi connectivity index (χ1n) is 11.1. The van der Waals surface area contributed by atoms with Crippen LogP contribution in [0.15, 0.2) is 52.5 Å². The topological polar surface area (TPSA) is 106 Å². The fraction of sp³-hybridized carbons (Fsp3) is 0.375. The number of rotatable bonds is 5. The Hall–Kier alpha value is -3.20.